The molecule has 0 aliphatic carbocycles. The minimum Gasteiger partial charge on any atom is -0.179 e. The number of thiol groups is 1. The average molecular weight is 254 g/mol. The highest BCUT2D eigenvalue weighted by Gasteiger charge is 2.12. The molecule has 0 radical (unpaired) electrons. The first-order valence-electron chi connectivity index (χ1n) is 5.85. The van der Waals surface area contributed by atoms with E-state index in [0.29, 0.717) is 5.92 Å². The molecule has 0 amide bonds. The molecule has 0 aromatic heterocycles. The molecule has 1 aromatic rings. The van der Waals surface area contributed by atoms with Crippen LogP contribution in [-0.2, 0) is 0 Å². The van der Waals surface area contributed by atoms with E-state index in [-0.39, 0.29) is 0 Å². The van der Waals surface area contributed by atoms with Crippen LogP contribution in [0, 0.1) is 25.7 Å². The zero-order valence-electron chi connectivity index (χ0n) is 10.7. The van der Waals surface area contributed by atoms with E-state index in [4.69, 9.17) is 0 Å². The molecule has 0 spiro atoms. The Bertz CT molecular complexity index is 332. The van der Waals surface area contributed by atoms with Crippen LogP contribution in [0.1, 0.15) is 25.0 Å². The summed E-state index contributed by atoms with van der Waals surface area (Å²) in [6, 6.07) is 6.69. The molecule has 0 saturated heterocycles. The summed E-state index contributed by atoms with van der Waals surface area (Å²) in [6.07, 6.45) is 0. The minimum absolute atomic E-state index is 0.703. The average Bonchev–Trinajstić information content (AvgIpc) is 2.21. The van der Waals surface area contributed by atoms with Crippen molar-refractivity contribution >= 4 is 24.4 Å². The summed E-state index contributed by atoms with van der Waals surface area (Å²) < 4.78 is 0. The van der Waals surface area contributed by atoms with Crippen LogP contribution in [0.25, 0.3) is 0 Å². The van der Waals surface area contributed by atoms with Gasteiger partial charge in [-0.25, -0.2) is 0 Å². The zero-order valence-corrected chi connectivity index (χ0v) is 12.4. The van der Waals surface area contributed by atoms with Crippen molar-refractivity contribution < 1.29 is 0 Å². The van der Waals surface area contributed by atoms with E-state index in [0.717, 1.165) is 11.7 Å². The lowest BCUT2D eigenvalue weighted by Gasteiger charge is -2.18. The normalized spacial score (nSPS) is 13.1. The summed E-state index contributed by atoms with van der Waals surface area (Å²) >= 11 is 6.40. The van der Waals surface area contributed by atoms with Crippen molar-refractivity contribution in [1.29, 1.82) is 0 Å². The summed E-state index contributed by atoms with van der Waals surface area (Å²) in [7, 11) is 0. The second kappa shape index (κ2) is 6.61. The fourth-order valence-corrected chi connectivity index (χ4v) is 3.69. The first-order valence-corrected chi connectivity index (χ1v) is 7.47. The maximum atomic E-state index is 4.43. The Kier molecular flexibility index (Phi) is 5.77. The molecular weight excluding hydrogens is 232 g/mol. The summed E-state index contributed by atoms with van der Waals surface area (Å²) in [5.74, 6) is 3.57. The molecule has 1 rings (SSSR count). The largest absolute Gasteiger partial charge is 0.179 e. The lowest BCUT2D eigenvalue weighted by Crippen LogP contribution is -2.13. The first kappa shape index (κ1) is 14.0. The molecule has 1 unspecified atom stereocenters. The molecule has 1 aromatic carbocycles. The highest BCUT2D eigenvalue weighted by molar-refractivity contribution is 7.99. The van der Waals surface area contributed by atoms with Crippen LogP contribution in [0.2, 0.25) is 0 Å². The van der Waals surface area contributed by atoms with Gasteiger partial charge in [-0.3, -0.25) is 0 Å². The predicted molar refractivity (Wildman–Crippen MR) is 78.8 cm³/mol. The molecule has 2 heteroatoms. The van der Waals surface area contributed by atoms with Crippen LogP contribution >= 0.6 is 24.4 Å². The van der Waals surface area contributed by atoms with E-state index in [1.807, 2.05) is 11.8 Å². The third kappa shape index (κ3) is 4.06. The van der Waals surface area contributed by atoms with Gasteiger partial charge in [0, 0.05) is 10.6 Å². The Balaban J connectivity index is 2.60. The van der Waals surface area contributed by atoms with Crippen molar-refractivity contribution in [2.24, 2.45) is 11.8 Å². The van der Waals surface area contributed by atoms with Crippen molar-refractivity contribution in [1.82, 2.24) is 0 Å². The van der Waals surface area contributed by atoms with E-state index in [1.54, 1.807) is 0 Å². The molecule has 0 bridgehead atoms. The van der Waals surface area contributed by atoms with E-state index < -0.39 is 0 Å². The Morgan fingerprint density at radius 2 is 1.94 bits per heavy atom. The molecule has 0 aliphatic rings. The third-order valence-corrected chi connectivity index (χ3v) is 4.79. The fourth-order valence-electron chi connectivity index (χ4n) is 1.61. The van der Waals surface area contributed by atoms with Gasteiger partial charge < -0.3 is 0 Å². The van der Waals surface area contributed by atoms with Gasteiger partial charge in [-0.1, -0.05) is 31.5 Å². The van der Waals surface area contributed by atoms with E-state index in [1.165, 1.54) is 21.8 Å². The van der Waals surface area contributed by atoms with Crippen LogP contribution in [0.4, 0.5) is 0 Å². The van der Waals surface area contributed by atoms with Crippen LogP contribution in [0.5, 0.6) is 0 Å². The van der Waals surface area contributed by atoms with Crippen molar-refractivity contribution in [3.63, 3.8) is 0 Å². The predicted octanol–water partition coefficient (Wildman–Crippen LogP) is 4.60. The van der Waals surface area contributed by atoms with Gasteiger partial charge in [0.05, 0.1) is 0 Å². The van der Waals surface area contributed by atoms with Gasteiger partial charge in [0.15, 0.2) is 0 Å². The van der Waals surface area contributed by atoms with Gasteiger partial charge in [0.25, 0.3) is 0 Å². The van der Waals surface area contributed by atoms with Crippen molar-refractivity contribution in [2.45, 2.75) is 32.6 Å². The van der Waals surface area contributed by atoms with Crippen molar-refractivity contribution in [3.8, 4) is 0 Å². The SMILES string of the molecule is Cc1ccc(SCC(CS)C(C)C)c(C)c1. The summed E-state index contributed by atoms with van der Waals surface area (Å²) in [5, 5.41) is 0. The molecule has 90 valence electrons. The number of aryl methyl sites for hydroxylation is 2. The first-order chi connectivity index (χ1) is 7.54. The molecule has 1 atom stereocenters. The molecule has 16 heavy (non-hydrogen) atoms. The zero-order chi connectivity index (χ0) is 12.1. The molecule has 0 N–H and O–H groups in total. The van der Waals surface area contributed by atoms with Crippen LogP contribution in [0.3, 0.4) is 0 Å². The summed E-state index contributed by atoms with van der Waals surface area (Å²) in [4.78, 5) is 1.41. The monoisotopic (exact) mass is 254 g/mol. The van der Waals surface area contributed by atoms with Gasteiger partial charge in [0.2, 0.25) is 0 Å². The van der Waals surface area contributed by atoms with Crippen LogP contribution in [-0.4, -0.2) is 11.5 Å². The Hall–Kier alpha value is -0.0800. The van der Waals surface area contributed by atoms with Crippen LogP contribution in [0.15, 0.2) is 23.1 Å². The number of rotatable bonds is 5. The second-order valence-corrected chi connectivity index (χ2v) is 6.19. The minimum atomic E-state index is 0.703. The third-order valence-electron chi connectivity index (χ3n) is 2.96. The Morgan fingerprint density at radius 1 is 1.25 bits per heavy atom. The maximum absolute atomic E-state index is 4.43. The van der Waals surface area contributed by atoms with Gasteiger partial charge in [-0.2, -0.15) is 12.6 Å². The molecule has 0 nitrogen and oxygen atoms in total. The van der Waals surface area contributed by atoms with E-state index >= 15 is 0 Å². The van der Waals surface area contributed by atoms with Crippen molar-refractivity contribution in [2.75, 3.05) is 11.5 Å². The van der Waals surface area contributed by atoms with Gasteiger partial charge >= 0.3 is 0 Å². The fraction of sp³-hybridized carbons (Fsp3) is 0.571. The Labute approximate surface area is 110 Å². The molecule has 0 aliphatic heterocycles. The molecular formula is C14H22S2. The van der Waals surface area contributed by atoms with E-state index in [9.17, 15) is 0 Å². The van der Waals surface area contributed by atoms with Gasteiger partial charge in [-0.15, -0.1) is 11.8 Å². The lowest BCUT2D eigenvalue weighted by molar-refractivity contribution is 0.473. The topological polar surface area (TPSA) is 0 Å². The molecule has 0 saturated carbocycles. The summed E-state index contributed by atoms with van der Waals surface area (Å²) in [5.41, 5.74) is 2.74. The van der Waals surface area contributed by atoms with Gasteiger partial charge in [-0.05, 0) is 43.1 Å². The molecule has 0 heterocycles. The van der Waals surface area contributed by atoms with Crippen LogP contribution < -0.4 is 0 Å². The Morgan fingerprint density at radius 3 is 2.44 bits per heavy atom. The standard InChI is InChI=1S/C14H22S2/c1-10(2)13(8-15)9-16-14-6-5-11(3)7-12(14)4/h5-7,10,13,15H,8-9H2,1-4H3. The number of hydrogen-bond donors (Lipinski definition) is 1. The quantitative estimate of drug-likeness (QED) is 0.592. The smallest absolute Gasteiger partial charge is 0.0101 e. The maximum Gasteiger partial charge on any atom is 0.0101 e. The second-order valence-electron chi connectivity index (χ2n) is 4.77. The summed E-state index contributed by atoms with van der Waals surface area (Å²) in [6.45, 7) is 8.90. The van der Waals surface area contributed by atoms with Crippen molar-refractivity contribution in [3.05, 3.63) is 29.3 Å². The van der Waals surface area contributed by atoms with Gasteiger partial charge in [0.1, 0.15) is 0 Å². The highest BCUT2D eigenvalue weighted by Crippen LogP contribution is 2.27. The lowest BCUT2D eigenvalue weighted by atomic mass is 10.0. The van der Waals surface area contributed by atoms with E-state index in [2.05, 4.69) is 58.5 Å². The number of thioether (sulfide) groups is 1. The molecule has 0 fully saturated rings. The highest BCUT2D eigenvalue weighted by atomic mass is 32.2. The number of benzene rings is 1. The number of hydrogen-bond acceptors (Lipinski definition) is 2.